The monoisotopic (exact) mass is 200 g/mol. The molecule has 0 saturated carbocycles. The molecule has 2 aliphatic rings. The molecule has 14 heavy (non-hydrogen) atoms. The average Bonchev–Trinajstić information content (AvgIpc) is 2.67. The summed E-state index contributed by atoms with van der Waals surface area (Å²) in [5.74, 6) is -0.245. The van der Waals surface area contributed by atoms with E-state index in [-0.39, 0.29) is 17.6 Å². The standard InChI is InChI=1S/C9H16N2O3/c1-13-8(12)7-4-14-9(6-11-7)2-3-10-5-9/h7,10-11H,2-6H2,1H3. The number of hydrogen-bond acceptors (Lipinski definition) is 5. The molecule has 0 aromatic rings. The zero-order valence-electron chi connectivity index (χ0n) is 8.34. The van der Waals surface area contributed by atoms with Crippen LogP contribution in [-0.2, 0) is 14.3 Å². The highest BCUT2D eigenvalue weighted by Gasteiger charge is 2.40. The summed E-state index contributed by atoms with van der Waals surface area (Å²) >= 11 is 0. The Morgan fingerprint density at radius 3 is 2.93 bits per heavy atom. The molecular weight excluding hydrogens is 184 g/mol. The molecule has 0 radical (unpaired) electrons. The van der Waals surface area contributed by atoms with Crippen molar-refractivity contribution in [1.82, 2.24) is 10.6 Å². The van der Waals surface area contributed by atoms with Crippen LogP contribution in [0.1, 0.15) is 6.42 Å². The fraction of sp³-hybridized carbons (Fsp3) is 0.889. The van der Waals surface area contributed by atoms with Gasteiger partial charge in [-0.05, 0) is 13.0 Å². The lowest BCUT2D eigenvalue weighted by atomic mass is 10.0. The molecule has 2 saturated heterocycles. The molecule has 2 aliphatic heterocycles. The molecule has 5 heteroatoms. The van der Waals surface area contributed by atoms with E-state index < -0.39 is 0 Å². The van der Waals surface area contributed by atoms with Crippen LogP contribution in [0, 0.1) is 0 Å². The fourth-order valence-corrected chi connectivity index (χ4v) is 1.97. The number of rotatable bonds is 1. The van der Waals surface area contributed by atoms with E-state index in [0.29, 0.717) is 6.61 Å². The molecule has 0 amide bonds. The van der Waals surface area contributed by atoms with E-state index in [1.54, 1.807) is 0 Å². The van der Waals surface area contributed by atoms with Crippen LogP contribution < -0.4 is 10.6 Å². The van der Waals surface area contributed by atoms with Crippen LogP contribution in [0.2, 0.25) is 0 Å². The molecule has 2 unspecified atom stereocenters. The second kappa shape index (κ2) is 3.84. The van der Waals surface area contributed by atoms with Crippen molar-refractivity contribution in [2.75, 3.05) is 33.4 Å². The van der Waals surface area contributed by atoms with Crippen molar-refractivity contribution in [2.45, 2.75) is 18.1 Å². The van der Waals surface area contributed by atoms with Gasteiger partial charge in [0.1, 0.15) is 6.04 Å². The number of carbonyl (C=O) groups is 1. The highest BCUT2D eigenvalue weighted by atomic mass is 16.5. The summed E-state index contributed by atoms with van der Waals surface area (Å²) in [6.45, 7) is 2.99. The molecule has 5 nitrogen and oxygen atoms in total. The summed E-state index contributed by atoms with van der Waals surface area (Å²) in [4.78, 5) is 11.2. The van der Waals surface area contributed by atoms with Gasteiger partial charge in [-0.3, -0.25) is 10.1 Å². The Bertz CT molecular complexity index is 216. The van der Waals surface area contributed by atoms with Gasteiger partial charge in [0.05, 0.1) is 19.3 Å². The molecule has 80 valence electrons. The minimum atomic E-state index is -0.300. The molecule has 2 atom stereocenters. The molecule has 2 N–H and O–H groups in total. The molecule has 2 heterocycles. The second-order valence-electron chi connectivity index (χ2n) is 3.88. The molecule has 0 aliphatic carbocycles. The minimum Gasteiger partial charge on any atom is -0.468 e. The molecule has 2 rings (SSSR count). The first-order chi connectivity index (χ1) is 6.76. The van der Waals surface area contributed by atoms with Crippen LogP contribution in [0.25, 0.3) is 0 Å². The van der Waals surface area contributed by atoms with Crippen LogP contribution in [-0.4, -0.2) is 51.0 Å². The molecular formula is C9H16N2O3. The van der Waals surface area contributed by atoms with Gasteiger partial charge in [0.2, 0.25) is 0 Å². The Morgan fingerprint density at radius 2 is 2.43 bits per heavy atom. The van der Waals surface area contributed by atoms with E-state index in [9.17, 15) is 4.79 Å². The molecule has 2 fully saturated rings. The Balaban J connectivity index is 1.88. The minimum absolute atomic E-state index is 0.0927. The zero-order valence-corrected chi connectivity index (χ0v) is 8.34. The van der Waals surface area contributed by atoms with Crippen LogP contribution in [0.4, 0.5) is 0 Å². The maximum absolute atomic E-state index is 11.2. The van der Waals surface area contributed by atoms with Crippen LogP contribution in [0.5, 0.6) is 0 Å². The van der Waals surface area contributed by atoms with E-state index >= 15 is 0 Å². The van der Waals surface area contributed by atoms with Crippen molar-refractivity contribution in [3.05, 3.63) is 0 Å². The van der Waals surface area contributed by atoms with Gasteiger partial charge in [0.25, 0.3) is 0 Å². The number of ether oxygens (including phenoxy) is 2. The smallest absolute Gasteiger partial charge is 0.325 e. The normalized spacial score (nSPS) is 37.4. The van der Waals surface area contributed by atoms with E-state index in [4.69, 9.17) is 4.74 Å². The number of esters is 1. The summed E-state index contributed by atoms with van der Waals surface area (Å²) < 4.78 is 10.4. The van der Waals surface area contributed by atoms with Crippen LogP contribution in [0.3, 0.4) is 0 Å². The zero-order chi connectivity index (χ0) is 10.0. The summed E-state index contributed by atoms with van der Waals surface area (Å²) in [5.41, 5.74) is -0.0927. The van der Waals surface area contributed by atoms with Gasteiger partial charge in [-0.1, -0.05) is 0 Å². The van der Waals surface area contributed by atoms with Gasteiger partial charge in [-0.25, -0.2) is 0 Å². The van der Waals surface area contributed by atoms with Crippen LogP contribution in [0.15, 0.2) is 0 Å². The summed E-state index contributed by atoms with van der Waals surface area (Å²) in [7, 11) is 1.39. The van der Waals surface area contributed by atoms with Crippen molar-refractivity contribution in [3.63, 3.8) is 0 Å². The number of carbonyl (C=O) groups excluding carboxylic acids is 1. The highest BCUT2D eigenvalue weighted by molar-refractivity contribution is 5.75. The Hall–Kier alpha value is -0.650. The summed E-state index contributed by atoms with van der Waals surface area (Å²) in [6, 6.07) is -0.300. The lowest BCUT2D eigenvalue weighted by molar-refractivity contribution is -0.151. The molecule has 0 aromatic carbocycles. The lowest BCUT2D eigenvalue weighted by Gasteiger charge is -2.36. The largest absolute Gasteiger partial charge is 0.468 e. The van der Waals surface area contributed by atoms with Crippen molar-refractivity contribution >= 4 is 5.97 Å². The van der Waals surface area contributed by atoms with Crippen molar-refractivity contribution in [2.24, 2.45) is 0 Å². The number of nitrogens with one attached hydrogen (secondary N) is 2. The Kier molecular flexibility index (Phi) is 2.71. The van der Waals surface area contributed by atoms with E-state index in [0.717, 1.165) is 26.1 Å². The van der Waals surface area contributed by atoms with Crippen molar-refractivity contribution in [1.29, 1.82) is 0 Å². The first kappa shape index (κ1) is 9.89. The van der Waals surface area contributed by atoms with Crippen molar-refractivity contribution < 1.29 is 14.3 Å². The Morgan fingerprint density at radius 1 is 1.57 bits per heavy atom. The average molecular weight is 200 g/mol. The van der Waals surface area contributed by atoms with E-state index in [2.05, 4.69) is 15.4 Å². The van der Waals surface area contributed by atoms with Gasteiger partial charge >= 0.3 is 5.97 Å². The van der Waals surface area contributed by atoms with Gasteiger partial charge in [-0.2, -0.15) is 0 Å². The summed E-state index contributed by atoms with van der Waals surface area (Å²) in [6.07, 6.45) is 1.01. The molecule has 1 spiro atoms. The van der Waals surface area contributed by atoms with Gasteiger partial charge in [-0.15, -0.1) is 0 Å². The maximum Gasteiger partial charge on any atom is 0.325 e. The molecule has 0 aromatic heterocycles. The third kappa shape index (κ3) is 1.75. The second-order valence-corrected chi connectivity index (χ2v) is 3.88. The van der Waals surface area contributed by atoms with Crippen molar-refractivity contribution in [3.8, 4) is 0 Å². The number of methoxy groups -OCH3 is 1. The van der Waals surface area contributed by atoms with Gasteiger partial charge in [0, 0.05) is 13.1 Å². The Labute approximate surface area is 83.1 Å². The van der Waals surface area contributed by atoms with Crippen LogP contribution >= 0.6 is 0 Å². The van der Waals surface area contributed by atoms with E-state index in [1.807, 2.05) is 0 Å². The van der Waals surface area contributed by atoms with Gasteiger partial charge < -0.3 is 14.8 Å². The predicted molar refractivity (Wildman–Crippen MR) is 50.0 cm³/mol. The number of hydrogen-bond donors (Lipinski definition) is 2. The predicted octanol–water partition coefficient (Wildman–Crippen LogP) is -1.12. The van der Waals surface area contributed by atoms with Gasteiger partial charge in [0.15, 0.2) is 0 Å². The lowest BCUT2D eigenvalue weighted by Crippen LogP contribution is -2.58. The molecule has 0 bridgehead atoms. The third-order valence-corrected chi connectivity index (χ3v) is 2.92. The quantitative estimate of drug-likeness (QED) is 0.525. The highest BCUT2D eigenvalue weighted by Crippen LogP contribution is 2.22. The first-order valence-electron chi connectivity index (χ1n) is 4.92. The third-order valence-electron chi connectivity index (χ3n) is 2.92. The fourth-order valence-electron chi connectivity index (χ4n) is 1.97. The topological polar surface area (TPSA) is 59.6 Å². The number of morpholine rings is 1. The summed E-state index contributed by atoms with van der Waals surface area (Å²) in [5, 5.41) is 6.42. The first-order valence-corrected chi connectivity index (χ1v) is 4.92. The maximum atomic E-state index is 11.2. The van der Waals surface area contributed by atoms with E-state index in [1.165, 1.54) is 7.11 Å². The SMILES string of the molecule is COC(=O)C1COC2(CCNC2)CN1.